The van der Waals surface area contributed by atoms with Crippen molar-refractivity contribution in [2.24, 2.45) is 38.9 Å². The van der Waals surface area contributed by atoms with Crippen LogP contribution in [0.4, 0.5) is 0 Å². The van der Waals surface area contributed by atoms with Crippen molar-refractivity contribution in [2.75, 3.05) is 0 Å². The average molecular weight is 485 g/mol. The van der Waals surface area contributed by atoms with Crippen molar-refractivity contribution < 1.29 is 24.5 Å². The lowest BCUT2D eigenvalue weighted by Gasteiger charge is -2.63. The van der Waals surface area contributed by atoms with Crippen molar-refractivity contribution in [1.82, 2.24) is 0 Å². The van der Waals surface area contributed by atoms with Crippen molar-refractivity contribution in [2.45, 2.75) is 111 Å². The molecule has 5 fully saturated rings. The maximum absolute atomic E-state index is 14.2. The van der Waals surface area contributed by atoms with Crippen LogP contribution in [0.25, 0.3) is 0 Å². The van der Waals surface area contributed by atoms with Crippen LogP contribution in [-0.2, 0) is 14.3 Å². The van der Waals surface area contributed by atoms with E-state index in [2.05, 4.69) is 47.6 Å². The topological polar surface area (TPSA) is 87.1 Å². The minimum atomic E-state index is -0.896. The number of Topliss-reactive ketones (excluding diaryl/α,β-unsaturated/α-hetero) is 1. The lowest BCUT2D eigenvalue weighted by Crippen LogP contribution is -2.67. The molecule has 0 radical (unpaired) electrons. The van der Waals surface area contributed by atoms with E-state index in [1.54, 1.807) is 13.0 Å². The highest BCUT2D eigenvalue weighted by molar-refractivity contribution is 5.90. The third kappa shape index (κ3) is 2.67. The van der Waals surface area contributed by atoms with Crippen molar-refractivity contribution >= 4 is 11.8 Å². The molecule has 0 aromatic heterocycles. The summed E-state index contributed by atoms with van der Waals surface area (Å²) in [5, 5.41) is 20.1. The third-order valence-corrected chi connectivity index (χ3v) is 12.7. The second kappa shape index (κ2) is 7.31. The normalized spacial score (nSPS) is 51.3. The fourth-order valence-electron chi connectivity index (χ4n) is 10.3. The number of hydrogen-bond donors (Lipinski definition) is 2. The molecular formula is C30H44O5. The second-order valence-corrected chi connectivity index (χ2v) is 13.8. The van der Waals surface area contributed by atoms with Gasteiger partial charge in [0.2, 0.25) is 0 Å². The van der Waals surface area contributed by atoms with Crippen LogP contribution in [0.3, 0.4) is 0 Å². The lowest BCUT2D eigenvalue weighted by atomic mass is 9.40. The first-order valence-corrected chi connectivity index (χ1v) is 13.6. The van der Waals surface area contributed by atoms with Gasteiger partial charge in [-0.25, -0.2) is 4.79 Å². The smallest absolute Gasteiger partial charge is 0.331 e. The maximum atomic E-state index is 14.2. The molecule has 5 nitrogen and oxygen atoms in total. The van der Waals surface area contributed by atoms with E-state index in [-0.39, 0.29) is 39.8 Å². The van der Waals surface area contributed by atoms with Crippen LogP contribution < -0.4 is 0 Å². The highest BCUT2D eigenvalue weighted by Gasteiger charge is 2.91. The number of aliphatic hydroxyl groups is 1. The highest BCUT2D eigenvalue weighted by atomic mass is 16.6. The van der Waals surface area contributed by atoms with Gasteiger partial charge in [-0.15, -0.1) is 0 Å². The molecule has 0 aromatic carbocycles. The quantitative estimate of drug-likeness (QED) is 0.303. The Morgan fingerprint density at radius 3 is 2.46 bits per heavy atom. The van der Waals surface area contributed by atoms with Gasteiger partial charge in [0, 0.05) is 17.4 Å². The van der Waals surface area contributed by atoms with Gasteiger partial charge in [-0.05, 0) is 73.5 Å². The second-order valence-electron chi connectivity index (χ2n) is 13.8. The van der Waals surface area contributed by atoms with Crippen molar-refractivity contribution in [3.05, 3.63) is 23.8 Å². The molecule has 0 bridgehead atoms. The Hall–Kier alpha value is -1.46. The molecule has 5 heteroatoms. The number of carboxylic acid groups (broad SMARTS) is 1. The lowest BCUT2D eigenvalue weighted by molar-refractivity contribution is -0.195. The number of aliphatic carboxylic acids is 1. The average Bonchev–Trinajstić information content (AvgIpc) is 3.33. The van der Waals surface area contributed by atoms with Crippen molar-refractivity contribution in [1.29, 1.82) is 0 Å². The largest absolute Gasteiger partial charge is 0.478 e. The zero-order valence-electron chi connectivity index (χ0n) is 22.6. The fourth-order valence-corrected chi connectivity index (χ4v) is 10.3. The molecule has 9 atom stereocenters. The van der Waals surface area contributed by atoms with Crippen molar-refractivity contribution in [3.8, 4) is 0 Å². The van der Waals surface area contributed by atoms with E-state index in [4.69, 9.17) is 4.74 Å². The molecule has 2 N–H and O–H groups in total. The van der Waals surface area contributed by atoms with Gasteiger partial charge in [-0.2, -0.15) is 0 Å². The van der Waals surface area contributed by atoms with E-state index < -0.39 is 17.0 Å². The van der Waals surface area contributed by atoms with Gasteiger partial charge < -0.3 is 14.9 Å². The minimum absolute atomic E-state index is 0.0524. The van der Waals surface area contributed by atoms with E-state index in [1.165, 1.54) is 0 Å². The summed E-state index contributed by atoms with van der Waals surface area (Å²) in [4.78, 5) is 25.4. The van der Waals surface area contributed by atoms with E-state index in [0.717, 1.165) is 38.5 Å². The molecule has 1 aliphatic heterocycles. The number of carbonyl (C=O) groups excluding carboxylic acids is 1. The van der Waals surface area contributed by atoms with Crippen LogP contribution in [-0.4, -0.2) is 39.8 Å². The minimum Gasteiger partial charge on any atom is -0.478 e. The number of carboxylic acids is 1. The molecule has 0 aromatic rings. The fraction of sp³-hybridized carbons (Fsp3) is 0.800. The number of fused-ring (bicyclic) bond motifs is 2. The zero-order valence-corrected chi connectivity index (χ0v) is 22.6. The Morgan fingerprint density at radius 2 is 1.80 bits per heavy atom. The van der Waals surface area contributed by atoms with Crippen LogP contribution in [0.5, 0.6) is 0 Å². The van der Waals surface area contributed by atoms with Gasteiger partial charge in [0.05, 0.1) is 17.6 Å². The molecule has 1 heterocycles. The number of aliphatic hydroxyl groups excluding tert-OH is 1. The van der Waals surface area contributed by atoms with Crippen LogP contribution in [0.1, 0.15) is 93.4 Å². The first-order valence-electron chi connectivity index (χ1n) is 13.6. The Morgan fingerprint density at radius 1 is 1.11 bits per heavy atom. The Kier molecular flexibility index (Phi) is 5.26. The number of carbonyl (C=O) groups is 2. The highest BCUT2D eigenvalue weighted by Crippen LogP contribution is 2.86. The summed E-state index contributed by atoms with van der Waals surface area (Å²) in [5.41, 5.74) is -1.17. The summed E-state index contributed by atoms with van der Waals surface area (Å²) in [5.74, 6) is 0.0328. The van der Waals surface area contributed by atoms with Crippen LogP contribution >= 0.6 is 0 Å². The Bertz CT molecular complexity index is 1030. The van der Waals surface area contributed by atoms with Gasteiger partial charge in [0.1, 0.15) is 11.4 Å². The summed E-state index contributed by atoms with van der Waals surface area (Å²) in [6, 6.07) is 0. The first-order chi connectivity index (χ1) is 16.2. The molecule has 4 aliphatic carbocycles. The summed E-state index contributed by atoms with van der Waals surface area (Å²) < 4.78 is 6.79. The number of ketones is 1. The van der Waals surface area contributed by atoms with Gasteiger partial charge in [0.15, 0.2) is 0 Å². The number of allylic oxidation sites excluding steroid dienone is 3. The summed E-state index contributed by atoms with van der Waals surface area (Å²) >= 11 is 0. The predicted octanol–water partition coefficient (Wildman–Crippen LogP) is 5.71. The van der Waals surface area contributed by atoms with E-state index >= 15 is 0 Å². The molecule has 4 saturated carbocycles. The molecule has 194 valence electrons. The maximum Gasteiger partial charge on any atom is 0.331 e. The summed E-state index contributed by atoms with van der Waals surface area (Å²) in [6.45, 7) is 15.4. The van der Waals surface area contributed by atoms with Crippen molar-refractivity contribution in [3.63, 3.8) is 0 Å². The van der Waals surface area contributed by atoms with Gasteiger partial charge in [-0.1, -0.05) is 59.8 Å². The molecule has 2 spiro atoms. The molecule has 0 unspecified atom stereocenters. The predicted molar refractivity (Wildman–Crippen MR) is 135 cm³/mol. The molecule has 1 saturated heterocycles. The summed E-state index contributed by atoms with van der Waals surface area (Å²) in [7, 11) is 0. The number of epoxide rings is 1. The van der Waals surface area contributed by atoms with E-state index in [9.17, 15) is 19.8 Å². The van der Waals surface area contributed by atoms with Crippen LogP contribution in [0, 0.1) is 38.9 Å². The monoisotopic (exact) mass is 484 g/mol. The molecule has 5 rings (SSSR count). The van der Waals surface area contributed by atoms with E-state index in [0.29, 0.717) is 23.7 Å². The SMILES string of the molecule is CC(=CC=C[C@@H](C)[C@@]1(C)C[C@H]2O[C@]23[C@]1(C)CCC(=O)[C@@]31CC[C@H]2C(C)(C)[C@@H](O)CC[C@@]21C)C(=O)O. The molecule has 35 heavy (non-hydrogen) atoms. The number of hydrogen-bond acceptors (Lipinski definition) is 4. The summed E-state index contributed by atoms with van der Waals surface area (Å²) in [6.07, 6.45) is 11.3. The third-order valence-electron chi connectivity index (χ3n) is 12.7. The standard InChI is InChI=1S/C30H44O5/c1-18(24(33)34)9-8-10-19(2)27(6)17-23-30(35-23)28(27,7)15-13-22(32)29(30)16-11-20-25(3,4)21(31)12-14-26(20,29)5/h8-10,19-21,23,31H,11-17H2,1-7H3,(H,33,34)/t19-,20+,21+,23-,26+,27-,28-,29-,30+/m1/s1. The van der Waals surface area contributed by atoms with Gasteiger partial charge in [-0.3, -0.25) is 4.79 Å². The Balaban J connectivity index is 1.56. The number of ether oxygens (including phenoxy) is 1. The zero-order chi connectivity index (χ0) is 25.8. The number of rotatable bonds is 4. The first kappa shape index (κ1) is 25.2. The van der Waals surface area contributed by atoms with Crippen LogP contribution in [0.15, 0.2) is 23.8 Å². The van der Waals surface area contributed by atoms with Gasteiger partial charge in [0.25, 0.3) is 0 Å². The molecular weight excluding hydrogens is 440 g/mol. The Labute approximate surface area is 210 Å². The molecule has 0 amide bonds. The van der Waals surface area contributed by atoms with E-state index in [1.807, 2.05) is 6.08 Å². The van der Waals surface area contributed by atoms with Gasteiger partial charge >= 0.3 is 5.97 Å². The van der Waals surface area contributed by atoms with Crippen LogP contribution in [0.2, 0.25) is 0 Å². The molecule has 5 aliphatic rings.